The number of aryl methyl sites for hydroxylation is 1. The second-order valence-electron chi connectivity index (χ2n) is 5.44. The third kappa shape index (κ3) is 3.42. The molecule has 0 aliphatic rings. The minimum atomic E-state index is 0.356. The van der Waals surface area contributed by atoms with E-state index in [0.717, 1.165) is 22.4 Å². The molecule has 2 aromatic carbocycles. The van der Waals surface area contributed by atoms with Crippen molar-refractivity contribution in [3.63, 3.8) is 0 Å². The quantitative estimate of drug-likeness (QED) is 0.911. The van der Waals surface area contributed by atoms with Gasteiger partial charge in [-0.05, 0) is 47.7 Å². The molecule has 108 valence electrons. The van der Waals surface area contributed by atoms with E-state index in [2.05, 4.69) is 32.0 Å². The molecule has 3 nitrogen and oxygen atoms in total. The largest absolute Gasteiger partial charge is 0.456 e. The van der Waals surface area contributed by atoms with E-state index >= 15 is 0 Å². The van der Waals surface area contributed by atoms with Gasteiger partial charge in [-0.3, -0.25) is 0 Å². The molecule has 0 atom stereocenters. The Morgan fingerprint density at radius 1 is 1.14 bits per heavy atom. The highest BCUT2D eigenvalue weighted by atomic mass is 16.5. The molecule has 2 rings (SSSR count). The lowest BCUT2D eigenvalue weighted by Crippen LogP contribution is -1.99. The van der Waals surface area contributed by atoms with E-state index in [-0.39, 0.29) is 0 Å². The van der Waals surface area contributed by atoms with Gasteiger partial charge in [0.25, 0.3) is 0 Å². The average Bonchev–Trinajstić information content (AvgIpc) is 2.47. The fourth-order valence-corrected chi connectivity index (χ4v) is 2.21. The maximum absolute atomic E-state index is 9.28. The minimum Gasteiger partial charge on any atom is -0.456 e. The summed E-state index contributed by atoms with van der Waals surface area (Å²) in [5, 5.41) is 9.28. The number of nitrogens with two attached hydrogens (primary N) is 1. The van der Waals surface area contributed by atoms with Crippen LogP contribution in [0.3, 0.4) is 0 Å². The number of hydrogen-bond donors (Lipinski definition) is 1. The van der Waals surface area contributed by atoms with Crippen LogP contribution in [0.5, 0.6) is 11.5 Å². The molecule has 0 bridgehead atoms. The number of hydrogen-bond acceptors (Lipinski definition) is 3. The van der Waals surface area contributed by atoms with Crippen molar-refractivity contribution in [1.82, 2.24) is 0 Å². The maximum Gasteiger partial charge on any atom is 0.145 e. The molecule has 0 fully saturated rings. The first-order valence-corrected chi connectivity index (χ1v) is 7.06. The van der Waals surface area contributed by atoms with Gasteiger partial charge in [0.15, 0.2) is 0 Å². The first-order valence-electron chi connectivity index (χ1n) is 7.06. The molecule has 0 saturated heterocycles. The summed E-state index contributed by atoms with van der Waals surface area (Å²) >= 11 is 0. The standard InChI is InChI=1S/C18H20N2O/c1-12(2)16-6-4-13(3)8-18(16)21-17-7-5-14(10-19)9-15(17)11-20/h4-9,12H,10,19H2,1-3H3. The van der Waals surface area contributed by atoms with Crippen LogP contribution < -0.4 is 10.5 Å². The third-order valence-electron chi connectivity index (χ3n) is 3.41. The molecule has 0 radical (unpaired) electrons. The molecule has 0 aliphatic carbocycles. The molecular formula is C18H20N2O. The van der Waals surface area contributed by atoms with Crippen LogP contribution in [0.2, 0.25) is 0 Å². The van der Waals surface area contributed by atoms with Crippen LogP contribution >= 0.6 is 0 Å². The molecule has 0 unspecified atom stereocenters. The summed E-state index contributed by atoms with van der Waals surface area (Å²) in [6.07, 6.45) is 0. The van der Waals surface area contributed by atoms with Crippen LogP contribution in [0.15, 0.2) is 36.4 Å². The van der Waals surface area contributed by atoms with Gasteiger partial charge < -0.3 is 10.5 Å². The molecule has 2 N–H and O–H groups in total. The SMILES string of the molecule is Cc1ccc(C(C)C)c(Oc2ccc(CN)cc2C#N)c1. The summed E-state index contributed by atoms with van der Waals surface area (Å²) in [5.74, 6) is 1.73. The van der Waals surface area contributed by atoms with Gasteiger partial charge in [-0.2, -0.15) is 5.26 Å². The Balaban J connectivity index is 2.43. The van der Waals surface area contributed by atoms with Crippen molar-refractivity contribution in [3.8, 4) is 17.6 Å². The highest BCUT2D eigenvalue weighted by Crippen LogP contribution is 2.33. The third-order valence-corrected chi connectivity index (χ3v) is 3.41. The van der Waals surface area contributed by atoms with Crippen molar-refractivity contribution >= 4 is 0 Å². The number of nitrogens with zero attached hydrogens (tertiary/aromatic N) is 1. The van der Waals surface area contributed by atoms with Crippen LogP contribution in [-0.4, -0.2) is 0 Å². The fraction of sp³-hybridized carbons (Fsp3) is 0.278. The van der Waals surface area contributed by atoms with E-state index in [0.29, 0.717) is 23.8 Å². The van der Waals surface area contributed by atoms with Crippen molar-refractivity contribution in [1.29, 1.82) is 5.26 Å². The van der Waals surface area contributed by atoms with E-state index in [9.17, 15) is 5.26 Å². The first kappa shape index (κ1) is 15.1. The van der Waals surface area contributed by atoms with Crippen molar-refractivity contribution in [2.45, 2.75) is 33.2 Å². The summed E-state index contributed by atoms with van der Waals surface area (Å²) in [6, 6.07) is 13.8. The summed E-state index contributed by atoms with van der Waals surface area (Å²) in [7, 11) is 0. The highest BCUT2D eigenvalue weighted by Gasteiger charge is 2.12. The Bertz CT molecular complexity index is 684. The van der Waals surface area contributed by atoms with Gasteiger partial charge >= 0.3 is 0 Å². The molecule has 0 aliphatic heterocycles. The number of nitriles is 1. The lowest BCUT2D eigenvalue weighted by Gasteiger charge is -2.15. The number of ether oxygens (including phenoxy) is 1. The molecule has 0 amide bonds. The van der Waals surface area contributed by atoms with Gasteiger partial charge in [0.05, 0.1) is 5.56 Å². The predicted molar refractivity (Wildman–Crippen MR) is 84.4 cm³/mol. The van der Waals surface area contributed by atoms with Crippen molar-refractivity contribution in [3.05, 3.63) is 58.7 Å². The van der Waals surface area contributed by atoms with Crippen LogP contribution in [0.1, 0.15) is 42.0 Å². The Morgan fingerprint density at radius 2 is 1.90 bits per heavy atom. The van der Waals surface area contributed by atoms with Gasteiger partial charge in [-0.1, -0.05) is 32.0 Å². The van der Waals surface area contributed by atoms with E-state index in [1.54, 1.807) is 6.07 Å². The topological polar surface area (TPSA) is 59.0 Å². The fourth-order valence-electron chi connectivity index (χ4n) is 2.21. The van der Waals surface area contributed by atoms with Gasteiger partial charge in [0.1, 0.15) is 17.6 Å². The molecule has 21 heavy (non-hydrogen) atoms. The monoisotopic (exact) mass is 280 g/mol. The zero-order valence-corrected chi connectivity index (χ0v) is 12.7. The Labute approximate surface area is 126 Å². The predicted octanol–water partition coefficient (Wildman–Crippen LogP) is 4.24. The van der Waals surface area contributed by atoms with Crippen molar-refractivity contribution in [2.75, 3.05) is 0 Å². The molecule has 3 heteroatoms. The van der Waals surface area contributed by atoms with Crippen LogP contribution in [-0.2, 0) is 6.54 Å². The normalized spacial score (nSPS) is 10.5. The second-order valence-corrected chi connectivity index (χ2v) is 5.44. The summed E-state index contributed by atoms with van der Waals surface area (Å²) in [4.78, 5) is 0. The summed E-state index contributed by atoms with van der Waals surface area (Å²) in [5.41, 5.74) is 9.30. The number of benzene rings is 2. The van der Waals surface area contributed by atoms with E-state index < -0.39 is 0 Å². The maximum atomic E-state index is 9.28. The van der Waals surface area contributed by atoms with Crippen LogP contribution in [0.25, 0.3) is 0 Å². The van der Waals surface area contributed by atoms with Crippen molar-refractivity contribution in [2.24, 2.45) is 5.73 Å². The van der Waals surface area contributed by atoms with Gasteiger partial charge in [0, 0.05) is 6.54 Å². The van der Waals surface area contributed by atoms with Crippen molar-refractivity contribution < 1.29 is 4.74 Å². The second kappa shape index (κ2) is 6.43. The lowest BCUT2D eigenvalue weighted by atomic mass is 10.0. The molecule has 0 saturated carbocycles. The first-order chi connectivity index (χ1) is 10.0. The van der Waals surface area contributed by atoms with E-state index in [1.165, 1.54) is 0 Å². The Kier molecular flexibility index (Phi) is 4.62. The zero-order valence-electron chi connectivity index (χ0n) is 12.7. The lowest BCUT2D eigenvalue weighted by molar-refractivity contribution is 0.471. The molecule has 0 heterocycles. The van der Waals surface area contributed by atoms with E-state index in [4.69, 9.17) is 10.5 Å². The highest BCUT2D eigenvalue weighted by molar-refractivity contribution is 5.49. The molecule has 0 spiro atoms. The smallest absolute Gasteiger partial charge is 0.145 e. The van der Waals surface area contributed by atoms with Gasteiger partial charge in [-0.15, -0.1) is 0 Å². The Morgan fingerprint density at radius 3 is 2.52 bits per heavy atom. The zero-order chi connectivity index (χ0) is 15.4. The van der Waals surface area contributed by atoms with Gasteiger partial charge in [-0.25, -0.2) is 0 Å². The average molecular weight is 280 g/mol. The molecule has 2 aromatic rings. The molecule has 0 aromatic heterocycles. The summed E-state index contributed by atoms with van der Waals surface area (Å²) < 4.78 is 6.01. The van der Waals surface area contributed by atoms with Crippen LogP contribution in [0, 0.1) is 18.3 Å². The van der Waals surface area contributed by atoms with Crippen LogP contribution in [0.4, 0.5) is 0 Å². The minimum absolute atomic E-state index is 0.356. The Hall–Kier alpha value is -2.31. The summed E-state index contributed by atoms with van der Waals surface area (Å²) in [6.45, 7) is 6.69. The van der Waals surface area contributed by atoms with E-state index in [1.807, 2.05) is 25.1 Å². The number of rotatable bonds is 4. The van der Waals surface area contributed by atoms with Gasteiger partial charge in [0.2, 0.25) is 0 Å². The molecular weight excluding hydrogens is 260 g/mol.